The van der Waals surface area contributed by atoms with Gasteiger partial charge in [-0.3, -0.25) is 10.1 Å². The average molecular weight is 390 g/mol. The summed E-state index contributed by atoms with van der Waals surface area (Å²) in [6.45, 7) is 4.23. The van der Waals surface area contributed by atoms with Crippen molar-refractivity contribution in [2.75, 3.05) is 5.32 Å². The van der Waals surface area contributed by atoms with Gasteiger partial charge in [-0.1, -0.05) is 44.2 Å². The number of nitro benzene ring substituents is 1. The molecule has 0 fully saturated rings. The van der Waals surface area contributed by atoms with Crippen LogP contribution in [0.3, 0.4) is 0 Å². The zero-order valence-electron chi connectivity index (χ0n) is 15.4. The molecule has 3 aromatic rings. The molecule has 3 rings (SSSR count). The van der Waals surface area contributed by atoms with E-state index in [0.29, 0.717) is 27.8 Å². The Morgan fingerprint density at radius 3 is 2.79 bits per heavy atom. The predicted octanol–water partition coefficient (Wildman–Crippen LogP) is 5.82. The molecule has 0 saturated heterocycles. The smallest absolute Gasteiger partial charge is 0.270 e. The van der Waals surface area contributed by atoms with Crippen molar-refractivity contribution in [1.82, 2.24) is 4.98 Å². The number of hydrogen-bond acceptors (Lipinski definition) is 6. The quantitative estimate of drug-likeness (QED) is 0.325. The first kappa shape index (κ1) is 19.3. The molecule has 0 saturated carbocycles. The zero-order valence-corrected chi connectivity index (χ0v) is 16.2. The Bertz CT molecular complexity index is 1080. The van der Waals surface area contributed by atoms with Gasteiger partial charge in [0.2, 0.25) is 0 Å². The van der Waals surface area contributed by atoms with Crippen LogP contribution in [0.1, 0.15) is 30.3 Å². The van der Waals surface area contributed by atoms with Gasteiger partial charge in [-0.25, -0.2) is 4.98 Å². The zero-order chi connectivity index (χ0) is 20.1. The topological polar surface area (TPSA) is 91.8 Å². The second-order valence-electron chi connectivity index (χ2n) is 6.40. The maximum Gasteiger partial charge on any atom is 0.270 e. The summed E-state index contributed by atoms with van der Waals surface area (Å²) in [7, 11) is 0. The van der Waals surface area contributed by atoms with E-state index in [2.05, 4.69) is 36.3 Å². The van der Waals surface area contributed by atoms with E-state index >= 15 is 0 Å². The highest BCUT2D eigenvalue weighted by molar-refractivity contribution is 7.11. The Labute approximate surface area is 167 Å². The molecule has 1 heterocycles. The van der Waals surface area contributed by atoms with E-state index in [9.17, 15) is 15.4 Å². The highest BCUT2D eigenvalue weighted by Crippen LogP contribution is 2.29. The lowest BCUT2D eigenvalue weighted by Gasteiger charge is -2.12. The number of nitrogens with one attached hydrogen (secondary N) is 1. The summed E-state index contributed by atoms with van der Waals surface area (Å²) in [4.78, 5) is 15.0. The Hall–Kier alpha value is -3.50. The minimum atomic E-state index is -0.437. The van der Waals surface area contributed by atoms with Crippen LogP contribution in [0.15, 0.2) is 60.1 Å². The number of non-ortho nitro benzene ring substituents is 1. The Morgan fingerprint density at radius 1 is 1.29 bits per heavy atom. The fourth-order valence-electron chi connectivity index (χ4n) is 2.73. The molecule has 1 aromatic heterocycles. The third-order valence-electron chi connectivity index (χ3n) is 4.16. The molecule has 0 aliphatic rings. The van der Waals surface area contributed by atoms with Crippen LogP contribution in [0.25, 0.3) is 16.8 Å². The van der Waals surface area contributed by atoms with Crippen molar-refractivity contribution in [3.05, 3.63) is 80.8 Å². The van der Waals surface area contributed by atoms with Gasteiger partial charge in [0.15, 0.2) is 0 Å². The molecular weight excluding hydrogens is 372 g/mol. The van der Waals surface area contributed by atoms with Crippen LogP contribution >= 0.6 is 11.3 Å². The summed E-state index contributed by atoms with van der Waals surface area (Å²) in [6, 6.07) is 16.4. The molecule has 0 aliphatic heterocycles. The summed E-state index contributed by atoms with van der Waals surface area (Å²) >= 11 is 1.33. The number of allylic oxidation sites excluding steroid dienone is 1. The number of hydrogen-bond donors (Lipinski definition) is 1. The fraction of sp³-hybridized carbons (Fsp3) is 0.143. The number of rotatable bonds is 6. The van der Waals surface area contributed by atoms with Gasteiger partial charge in [0, 0.05) is 35.0 Å². The molecule has 0 aliphatic carbocycles. The van der Waals surface area contributed by atoms with Crippen molar-refractivity contribution in [2.45, 2.75) is 19.8 Å². The molecule has 0 bridgehead atoms. The molecule has 140 valence electrons. The molecule has 2 aromatic carbocycles. The number of nitriles is 1. The van der Waals surface area contributed by atoms with E-state index in [1.807, 2.05) is 18.2 Å². The molecule has 6 nitrogen and oxygen atoms in total. The maximum absolute atomic E-state index is 11.0. The molecule has 1 N–H and O–H groups in total. The lowest BCUT2D eigenvalue weighted by Crippen LogP contribution is -1.97. The van der Waals surface area contributed by atoms with Gasteiger partial charge in [0.1, 0.15) is 16.6 Å². The number of para-hydroxylation sites is 1. The molecule has 0 spiro atoms. The van der Waals surface area contributed by atoms with Gasteiger partial charge >= 0.3 is 0 Å². The van der Waals surface area contributed by atoms with Crippen molar-refractivity contribution < 1.29 is 4.92 Å². The minimum absolute atomic E-state index is 0.00931. The van der Waals surface area contributed by atoms with E-state index in [1.165, 1.54) is 23.5 Å². The van der Waals surface area contributed by atoms with Gasteiger partial charge < -0.3 is 5.32 Å². The summed E-state index contributed by atoms with van der Waals surface area (Å²) in [6.07, 6.45) is 1.65. The van der Waals surface area contributed by atoms with Crippen LogP contribution in [0, 0.1) is 21.4 Å². The van der Waals surface area contributed by atoms with Crippen LogP contribution in [0.4, 0.5) is 11.4 Å². The Kier molecular flexibility index (Phi) is 5.82. The highest BCUT2D eigenvalue weighted by Gasteiger charge is 2.12. The van der Waals surface area contributed by atoms with Gasteiger partial charge in [-0.2, -0.15) is 5.26 Å². The van der Waals surface area contributed by atoms with Gasteiger partial charge in [-0.05, 0) is 17.5 Å². The first-order chi connectivity index (χ1) is 13.5. The summed E-state index contributed by atoms with van der Waals surface area (Å²) in [5, 5.41) is 26.1. The average Bonchev–Trinajstić information content (AvgIpc) is 3.19. The van der Waals surface area contributed by atoms with E-state index in [4.69, 9.17) is 0 Å². The van der Waals surface area contributed by atoms with Gasteiger partial charge in [-0.15, -0.1) is 11.3 Å². The van der Waals surface area contributed by atoms with Crippen molar-refractivity contribution in [3.63, 3.8) is 0 Å². The molecule has 7 heteroatoms. The molecule has 0 unspecified atom stereocenters. The van der Waals surface area contributed by atoms with Crippen LogP contribution in [-0.4, -0.2) is 9.91 Å². The van der Waals surface area contributed by atoms with Crippen LogP contribution in [0.2, 0.25) is 0 Å². The van der Waals surface area contributed by atoms with E-state index in [0.717, 1.165) is 11.3 Å². The van der Waals surface area contributed by atoms with E-state index in [-0.39, 0.29) is 5.69 Å². The van der Waals surface area contributed by atoms with Gasteiger partial charge in [0.05, 0.1) is 10.6 Å². The van der Waals surface area contributed by atoms with E-state index in [1.54, 1.807) is 23.7 Å². The number of benzene rings is 2. The van der Waals surface area contributed by atoms with Crippen molar-refractivity contribution in [2.24, 2.45) is 0 Å². The maximum atomic E-state index is 11.0. The minimum Gasteiger partial charge on any atom is -0.360 e. The van der Waals surface area contributed by atoms with Crippen LogP contribution in [-0.2, 0) is 0 Å². The number of nitro groups is 1. The van der Waals surface area contributed by atoms with Crippen molar-refractivity contribution in [3.8, 4) is 17.3 Å². The van der Waals surface area contributed by atoms with Crippen molar-refractivity contribution in [1.29, 1.82) is 5.26 Å². The molecule has 0 radical (unpaired) electrons. The summed E-state index contributed by atoms with van der Waals surface area (Å²) in [5.74, 6) is 0.350. The number of anilines is 1. The van der Waals surface area contributed by atoms with Crippen molar-refractivity contribution >= 4 is 28.3 Å². The third kappa shape index (κ3) is 4.24. The summed E-state index contributed by atoms with van der Waals surface area (Å²) < 4.78 is 0. The first-order valence-corrected chi connectivity index (χ1v) is 9.54. The number of thiazole rings is 1. The SMILES string of the molecule is CC(C)c1ccccc1NC=C(C#N)c1nc(-c2cccc([N+](=O)[O-])c2)cs1. The highest BCUT2D eigenvalue weighted by atomic mass is 32.1. The first-order valence-electron chi connectivity index (χ1n) is 8.66. The third-order valence-corrected chi connectivity index (χ3v) is 5.04. The monoisotopic (exact) mass is 390 g/mol. The lowest BCUT2D eigenvalue weighted by atomic mass is 10.0. The standard InChI is InChI=1S/C21H18N4O2S/c1-14(2)18-8-3-4-9-19(18)23-12-16(11-22)21-24-20(13-28-21)15-6-5-7-17(10-15)25(26)27/h3-10,12-14,23H,1-2H3. The number of nitrogens with zero attached hydrogens (tertiary/aromatic N) is 3. The second kappa shape index (κ2) is 8.46. The predicted molar refractivity (Wildman–Crippen MR) is 112 cm³/mol. The molecule has 28 heavy (non-hydrogen) atoms. The second-order valence-corrected chi connectivity index (χ2v) is 7.26. The molecule has 0 atom stereocenters. The summed E-state index contributed by atoms with van der Waals surface area (Å²) in [5.41, 5.74) is 3.77. The Morgan fingerprint density at radius 2 is 2.07 bits per heavy atom. The van der Waals surface area contributed by atoms with Gasteiger partial charge in [0.25, 0.3) is 5.69 Å². The lowest BCUT2D eigenvalue weighted by molar-refractivity contribution is -0.384. The molecule has 0 amide bonds. The normalized spacial score (nSPS) is 11.3. The number of aromatic nitrogens is 1. The fourth-order valence-corrected chi connectivity index (χ4v) is 3.53. The molecular formula is C21H18N4O2S. The van der Waals surface area contributed by atoms with Crippen LogP contribution in [0.5, 0.6) is 0 Å². The Balaban J connectivity index is 1.87. The van der Waals surface area contributed by atoms with E-state index < -0.39 is 4.92 Å². The largest absolute Gasteiger partial charge is 0.360 e. The van der Waals surface area contributed by atoms with Crippen LogP contribution < -0.4 is 5.32 Å².